The molecule has 0 saturated carbocycles. The smallest absolute Gasteiger partial charge is 0.171 e. The molecule has 0 unspecified atom stereocenters. The number of hydrogen-bond donors (Lipinski definition) is 1. The van der Waals surface area contributed by atoms with Gasteiger partial charge in [-0.05, 0) is 38.4 Å². The lowest BCUT2D eigenvalue weighted by atomic mass is 9.96. The van der Waals surface area contributed by atoms with E-state index in [-0.39, 0.29) is 11.7 Å². The Morgan fingerprint density at radius 1 is 1.18 bits per heavy atom. The van der Waals surface area contributed by atoms with Gasteiger partial charge in [-0.3, -0.25) is 9.08 Å². The molecule has 0 amide bonds. The highest BCUT2D eigenvalue weighted by Gasteiger charge is 2.32. The molecule has 5 heterocycles. The summed E-state index contributed by atoms with van der Waals surface area (Å²) in [6, 6.07) is 7.18. The van der Waals surface area contributed by atoms with Gasteiger partial charge in [-0.2, -0.15) is 5.10 Å². The summed E-state index contributed by atoms with van der Waals surface area (Å²) in [5.74, 6) is 1.77. The largest absolute Gasteiger partial charge is 0.493 e. The number of benzene rings is 1. The van der Waals surface area contributed by atoms with Crippen LogP contribution in [-0.2, 0) is 20.1 Å². The lowest BCUT2D eigenvalue weighted by Crippen LogP contribution is -2.13. The van der Waals surface area contributed by atoms with E-state index in [2.05, 4.69) is 31.6 Å². The number of aryl methyl sites for hydroxylation is 1. The monoisotopic (exact) mass is 449 g/mol. The molecule has 0 radical (unpaired) electrons. The van der Waals surface area contributed by atoms with Gasteiger partial charge < -0.3 is 19.7 Å². The number of hydrogen-bond acceptors (Lipinski definition) is 7. The summed E-state index contributed by atoms with van der Waals surface area (Å²) in [5.41, 5.74) is 4.90. The van der Waals surface area contributed by atoms with Crippen molar-refractivity contribution in [3.05, 3.63) is 53.2 Å². The van der Waals surface area contributed by atoms with Crippen LogP contribution in [0.1, 0.15) is 22.7 Å². The van der Waals surface area contributed by atoms with Crippen molar-refractivity contribution in [2.24, 2.45) is 7.05 Å². The first-order chi connectivity index (χ1) is 16.0. The Labute approximate surface area is 189 Å². The van der Waals surface area contributed by atoms with E-state index in [4.69, 9.17) is 9.47 Å². The van der Waals surface area contributed by atoms with E-state index in [9.17, 15) is 4.39 Å². The van der Waals surface area contributed by atoms with Gasteiger partial charge in [-0.15, -0.1) is 10.2 Å². The highest BCUT2D eigenvalue weighted by molar-refractivity contribution is 5.80. The molecule has 0 aliphatic carbocycles. The number of rotatable bonds is 3. The van der Waals surface area contributed by atoms with Crippen LogP contribution in [0, 0.1) is 5.82 Å². The van der Waals surface area contributed by atoms with E-state index in [0.29, 0.717) is 42.5 Å². The first-order valence-corrected chi connectivity index (χ1v) is 10.8. The van der Waals surface area contributed by atoms with Crippen molar-refractivity contribution in [2.45, 2.75) is 19.0 Å². The summed E-state index contributed by atoms with van der Waals surface area (Å²) in [6.45, 7) is 1.88. The normalized spacial score (nSPS) is 16.9. The Morgan fingerprint density at radius 3 is 2.82 bits per heavy atom. The third-order valence-corrected chi connectivity index (χ3v) is 6.20. The predicted molar refractivity (Wildman–Crippen MR) is 120 cm³/mol. The molecule has 1 atom stereocenters. The average Bonchev–Trinajstić information content (AvgIpc) is 3.50. The number of ether oxygens (including phenoxy) is 2. The maximum absolute atomic E-state index is 14.8. The average molecular weight is 449 g/mol. The Bertz CT molecular complexity index is 1380. The third kappa shape index (κ3) is 3.20. The van der Waals surface area contributed by atoms with E-state index in [1.54, 1.807) is 12.4 Å². The number of anilines is 1. The zero-order valence-corrected chi connectivity index (χ0v) is 18.7. The summed E-state index contributed by atoms with van der Waals surface area (Å²) in [6.07, 6.45) is 1.64. The predicted octanol–water partition coefficient (Wildman–Crippen LogP) is 2.81. The molecule has 2 aliphatic rings. The molecule has 4 aromatic rings. The van der Waals surface area contributed by atoms with Gasteiger partial charge in [0, 0.05) is 36.8 Å². The second-order valence-electron chi connectivity index (χ2n) is 8.79. The van der Waals surface area contributed by atoms with Crippen molar-refractivity contribution in [1.29, 1.82) is 0 Å². The van der Waals surface area contributed by atoms with Crippen LogP contribution in [0.3, 0.4) is 0 Å². The Kier molecular flexibility index (Phi) is 4.51. The summed E-state index contributed by atoms with van der Waals surface area (Å²) >= 11 is 0. The minimum absolute atomic E-state index is 0.0399. The van der Waals surface area contributed by atoms with Crippen molar-refractivity contribution in [3.63, 3.8) is 0 Å². The van der Waals surface area contributed by atoms with Crippen LogP contribution in [0.4, 0.5) is 10.2 Å². The van der Waals surface area contributed by atoms with Crippen molar-refractivity contribution >= 4 is 11.5 Å². The lowest BCUT2D eigenvalue weighted by molar-refractivity contribution is 0.249. The maximum atomic E-state index is 14.8. The third-order valence-electron chi connectivity index (χ3n) is 6.20. The molecule has 0 fully saturated rings. The van der Waals surface area contributed by atoms with Crippen LogP contribution < -0.4 is 14.8 Å². The summed E-state index contributed by atoms with van der Waals surface area (Å²) < 4.78 is 30.6. The fraction of sp³-hybridized carbons (Fsp3) is 0.348. The van der Waals surface area contributed by atoms with Crippen molar-refractivity contribution in [1.82, 2.24) is 29.3 Å². The second-order valence-corrected chi connectivity index (χ2v) is 8.79. The minimum Gasteiger partial charge on any atom is -0.493 e. The maximum Gasteiger partial charge on any atom is 0.171 e. The van der Waals surface area contributed by atoms with Gasteiger partial charge in [-0.1, -0.05) is 0 Å². The zero-order chi connectivity index (χ0) is 22.7. The van der Waals surface area contributed by atoms with E-state index in [1.165, 1.54) is 6.07 Å². The lowest BCUT2D eigenvalue weighted by Gasteiger charge is -2.16. The van der Waals surface area contributed by atoms with Gasteiger partial charge in [0.15, 0.2) is 17.2 Å². The van der Waals surface area contributed by atoms with Crippen LogP contribution in [0.25, 0.3) is 16.9 Å². The highest BCUT2D eigenvalue weighted by Crippen LogP contribution is 2.41. The summed E-state index contributed by atoms with van der Waals surface area (Å²) in [7, 11) is 5.94. The molecule has 1 aromatic carbocycles. The van der Waals surface area contributed by atoms with E-state index in [1.807, 2.05) is 36.3 Å². The molecule has 9 nitrogen and oxygen atoms in total. The van der Waals surface area contributed by atoms with E-state index in [0.717, 1.165) is 34.8 Å². The molecule has 1 N–H and O–H groups in total. The van der Waals surface area contributed by atoms with Gasteiger partial charge in [0.2, 0.25) is 0 Å². The highest BCUT2D eigenvalue weighted by atomic mass is 19.1. The molecule has 3 aromatic heterocycles. The summed E-state index contributed by atoms with van der Waals surface area (Å²) in [5, 5.41) is 16.5. The molecular weight excluding hydrogens is 425 g/mol. The van der Waals surface area contributed by atoms with Gasteiger partial charge in [0.25, 0.3) is 0 Å². The fourth-order valence-electron chi connectivity index (χ4n) is 4.75. The van der Waals surface area contributed by atoms with Crippen LogP contribution in [0.5, 0.6) is 11.5 Å². The number of halogens is 1. The Balaban J connectivity index is 1.48. The number of nitrogens with one attached hydrogen (secondary N) is 1. The molecule has 0 saturated heterocycles. The molecule has 33 heavy (non-hydrogen) atoms. The van der Waals surface area contributed by atoms with Crippen LogP contribution in [0.2, 0.25) is 0 Å². The van der Waals surface area contributed by atoms with Gasteiger partial charge in [0.05, 0.1) is 30.5 Å². The molecular formula is C23H24FN7O2. The Morgan fingerprint density at radius 2 is 2.00 bits per heavy atom. The number of aromatic nitrogens is 5. The minimum atomic E-state index is -0.250. The van der Waals surface area contributed by atoms with Crippen LogP contribution in [0.15, 0.2) is 30.6 Å². The molecule has 6 rings (SSSR count). The van der Waals surface area contributed by atoms with Gasteiger partial charge in [-0.25, -0.2) is 4.39 Å². The number of pyridine rings is 1. The Hall–Kier alpha value is -3.66. The standard InChI is InChI=1S/C23H24FN7O2/c1-29(2)9-14-6-18(30(3)28-14)15-7-20-23(31-12-26-27-22(15)31)25-8-16-17(24)4-5-19-21(16)13(10-32-19)11-33-20/h4-7,12-13,25H,8-11H2,1-3H3/t13-/m0/s1. The van der Waals surface area contributed by atoms with Gasteiger partial charge >= 0.3 is 0 Å². The van der Waals surface area contributed by atoms with E-state index < -0.39 is 0 Å². The second kappa shape index (κ2) is 7.45. The first-order valence-electron chi connectivity index (χ1n) is 10.8. The summed E-state index contributed by atoms with van der Waals surface area (Å²) in [4.78, 5) is 2.07. The van der Waals surface area contributed by atoms with Crippen LogP contribution in [-0.4, -0.2) is 56.6 Å². The SMILES string of the molecule is CN(C)Cc1cc(-c2cc3c(n4cnnc24)NCc2c(F)ccc4c2[C@@H](CO4)CO3)n(C)n1. The molecule has 2 aliphatic heterocycles. The topological polar surface area (TPSA) is 81.7 Å². The number of nitrogens with zero attached hydrogens (tertiary/aromatic N) is 6. The van der Waals surface area contributed by atoms with Crippen molar-refractivity contribution < 1.29 is 13.9 Å². The van der Waals surface area contributed by atoms with Crippen LogP contribution >= 0.6 is 0 Å². The molecule has 170 valence electrons. The molecule has 0 spiro atoms. The zero-order valence-electron chi connectivity index (χ0n) is 18.7. The quantitative estimate of drug-likeness (QED) is 0.515. The van der Waals surface area contributed by atoms with Crippen molar-refractivity contribution in [3.8, 4) is 22.8 Å². The van der Waals surface area contributed by atoms with E-state index >= 15 is 0 Å². The number of fused-ring (bicyclic) bond motifs is 3. The first kappa shape index (κ1) is 20.0. The van der Waals surface area contributed by atoms with Crippen molar-refractivity contribution in [2.75, 3.05) is 32.6 Å². The fourth-order valence-corrected chi connectivity index (χ4v) is 4.75. The van der Waals surface area contributed by atoms with Gasteiger partial charge in [0.1, 0.15) is 17.9 Å². The molecule has 10 heteroatoms. The molecule has 0 bridgehead atoms.